The quantitative estimate of drug-likeness (QED) is 0.458. The van der Waals surface area contributed by atoms with Crippen molar-refractivity contribution in [3.8, 4) is 0 Å². The molecular formula is C25H24ClN5O. The number of rotatable bonds is 5. The van der Waals surface area contributed by atoms with Gasteiger partial charge >= 0.3 is 0 Å². The van der Waals surface area contributed by atoms with Gasteiger partial charge in [0, 0.05) is 37.3 Å². The van der Waals surface area contributed by atoms with E-state index in [9.17, 15) is 0 Å². The third-order valence-electron chi connectivity index (χ3n) is 5.67. The molecule has 0 amide bonds. The fraction of sp³-hybridized carbons (Fsp3) is 0.240. The average Bonchev–Trinajstić information content (AvgIpc) is 2.81. The van der Waals surface area contributed by atoms with E-state index in [1.165, 1.54) is 0 Å². The number of aryl methyl sites for hydroxylation is 1. The number of pyridine rings is 1. The van der Waals surface area contributed by atoms with Gasteiger partial charge in [-0.25, -0.2) is 9.97 Å². The van der Waals surface area contributed by atoms with E-state index >= 15 is 0 Å². The molecule has 2 aromatic heterocycles. The van der Waals surface area contributed by atoms with Gasteiger partial charge in [0.1, 0.15) is 11.6 Å². The fourth-order valence-electron chi connectivity index (χ4n) is 4.03. The maximum atomic E-state index is 6.59. The largest absolute Gasteiger partial charge is 0.378 e. The average molecular weight is 446 g/mol. The number of anilines is 3. The third-order valence-corrected chi connectivity index (χ3v) is 5.97. The molecule has 0 saturated carbocycles. The van der Waals surface area contributed by atoms with Crippen molar-refractivity contribution in [2.45, 2.75) is 13.3 Å². The number of aromatic nitrogens is 3. The number of ether oxygens (including phenoxy) is 1. The Morgan fingerprint density at radius 3 is 2.72 bits per heavy atom. The maximum Gasteiger partial charge on any atom is 0.135 e. The van der Waals surface area contributed by atoms with Gasteiger partial charge in [-0.2, -0.15) is 0 Å². The maximum absolute atomic E-state index is 6.59. The lowest BCUT2D eigenvalue weighted by Gasteiger charge is -2.29. The van der Waals surface area contributed by atoms with Crippen LogP contribution in [0, 0.1) is 6.92 Å². The van der Waals surface area contributed by atoms with Crippen LogP contribution in [0.5, 0.6) is 0 Å². The normalized spacial score (nSPS) is 14.0. The van der Waals surface area contributed by atoms with Crippen LogP contribution in [0.1, 0.15) is 17.0 Å². The lowest BCUT2D eigenvalue weighted by molar-refractivity contribution is 0.122. The molecule has 6 nitrogen and oxygen atoms in total. The molecule has 0 bridgehead atoms. The highest BCUT2D eigenvalue weighted by molar-refractivity contribution is 6.33. The van der Waals surface area contributed by atoms with Crippen LogP contribution in [-0.2, 0) is 11.2 Å². The number of para-hydroxylation sites is 1. The van der Waals surface area contributed by atoms with Gasteiger partial charge in [0.25, 0.3) is 0 Å². The molecule has 4 aromatic rings. The standard InChI is InChI=1S/C25H24ClN5O/c1-17-3-2-4-19-21(7-9-28-25(17)19)29-23-8-10-27-24(30-23)16-18-5-6-22(20(26)15-18)31-11-13-32-14-12-31/h2-10,15H,11-14,16H2,1H3,(H,27,28,29,30). The first-order valence-corrected chi connectivity index (χ1v) is 11.1. The number of morpholine rings is 1. The molecule has 1 saturated heterocycles. The van der Waals surface area contributed by atoms with E-state index in [1.807, 2.05) is 30.5 Å². The Balaban J connectivity index is 1.35. The Bertz CT molecular complexity index is 1260. The van der Waals surface area contributed by atoms with Crippen LogP contribution in [0.4, 0.5) is 17.2 Å². The number of hydrogen-bond donors (Lipinski definition) is 1. The summed E-state index contributed by atoms with van der Waals surface area (Å²) in [6, 6.07) is 16.2. The molecule has 1 N–H and O–H groups in total. The number of hydrogen-bond acceptors (Lipinski definition) is 6. The molecule has 3 heterocycles. The highest BCUT2D eigenvalue weighted by Gasteiger charge is 2.15. The molecular weight excluding hydrogens is 422 g/mol. The molecule has 0 radical (unpaired) electrons. The summed E-state index contributed by atoms with van der Waals surface area (Å²) in [5, 5.41) is 5.24. The highest BCUT2D eigenvalue weighted by Crippen LogP contribution is 2.29. The van der Waals surface area contributed by atoms with Crippen molar-refractivity contribution >= 4 is 39.7 Å². The minimum Gasteiger partial charge on any atom is -0.378 e. The minimum atomic E-state index is 0.606. The van der Waals surface area contributed by atoms with Crippen LogP contribution in [0.15, 0.2) is 60.9 Å². The monoisotopic (exact) mass is 445 g/mol. The van der Waals surface area contributed by atoms with Crippen molar-refractivity contribution in [1.29, 1.82) is 0 Å². The second-order valence-electron chi connectivity index (χ2n) is 7.87. The van der Waals surface area contributed by atoms with Crippen LogP contribution < -0.4 is 10.2 Å². The summed E-state index contributed by atoms with van der Waals surface area (Å²) in [6.07, 6.45) is 4.20. The number of nitrogens with one attached hydrogen (secondary N) is 1. The molecule has 162 valence electrons. The SMILES string of the molecule is Cc1cccc2c(Nc3ccnc(Cc4ccc(N5CCOCC5)c(Cl)c4)n3)ccnc12. The van der Waals surface area contributed by atoms with Crippen LogP contribution in [0.2, 0.25) is 5.02 Å². The summed E-state index contributed by atoms with van der Waals surface area (Å²) in [6.45, 7) is 5.26. The first-order chi connectivity index (χ1) is 15.7. The van der Waals surface area contributed by atoms with Gasteiger partial charge in [-0.05, 0) is 42.3 Å². The summed E-state index contributed by atoms with van der Waals surface area (Å²) in [7, 11) is 0. The van der Waals surface area contributed by atoms with E-state index in [0.29, 0.717) is 6.42 Å². The molecule has 2 aromatic carbocycles. The van der Waals surface area contributed by atoms with Crippen molar-refractivity contribution < 1.29 is 4.74 Å². The molecule has 1 aliphatic heterocycles. The van der Waals surface area contributed by atoms with Gasteiger partial charge < -0.3 is 15.0 Å². The van der Waals surface area contributed by atoms with Gasteiger partial charge in [-0.15, -0.1) is 0 Å². The fourth-order valence-corrected chi connectivity index (χ4v) is 4.35. The van der Waals surface area contributed by atoms with Gasteiger partial charge in [-0.1, -0.05) is 35.9 Å². The summed E-state index contributed by atoms with van der Waals surface area (Å²) in [4.78, 5) is 16.0. The summed E-state index contributed by atoms with van der Waals surface area (Å²) < 4.78 is 5.44. The van der Waals surface area contributed by atoms with Crippen molar-refractivity contribution in [2.75, 3.05) is 36.5 Å². The predicted octanol–water partition coefficient (Wildman–Crippen LogP) is 5.16. The van der Waals surface area contributed by atoms with E-state index in [2.05, 4.69) is 51.4 Å². The minimum absolute atomic E-state index is 0.606. The zero-order chi connectivity index (χ0) is 21.9. The van der Waals surface area contributed by atoms with Crippen LogP contribution in [0.3, 0.4) is 0 Å². The summed E-state index contributed by atoms with van der Waals surface area (Å²) in [5.41, 5.74) is 5.24. The highest BCUT2D eigenvalue weighted by atomic mass is 35.5. The van der Waals surface area contributed by atoms with Gasteiger partial charge in [0.05, 0.1) is 35.1 Å². The zero-order valence-corrected chi connectivity index (χ0v) is 18.6. The smallest absolute Gasteiger partial charge is 0.135 e. The number of nitrogens with zero attached hydrogens (tertiary/aromatic N) is 4. The number of halogens is 1. The van der Waals surface area contributed by atoms with Gasteiger partial charge in [-0.3, -0.25) is 4.98 Å². The van der Waals surface area contributed by atoms with Crippen LogP contribution >= 0.6 is 11.6 Å². The van der Waals surface area contributed by atoms with Gasteiger partial charge in [0.2, 0.25) is 0 Å². The Kier molecular flexibility index (Phi) is 5.88. The van der Waals surface area contributed by atoms with Gasteiger partial charge in [0.15, 0.2) is 0 Å². The molecule has 5 rings (SSSR count). The summed E-state index contributed by atoms with van der Waals surface area (Å²) >= 11 is 6.59. The first-order valence-electron chi connectivity index (χ1n) is 10.7. The topological polar surface area (TPSA) is 63.2 Å². The Morgan fingerprint density at radius 2 is 1.88 bits per heavy atom. The van der Waals surface area contributed by atoms with Crippen molar-refractivity contribution in [2.24, 2.45) is 0 Å². The van der Waals surface area contributed by atoms with Crippen molar-refractivity contribution in [3.05, 3.63) is 82.9 Å². The molecule has 7 heteroatoms. The molecule has 32 heavy (non-hydrogen) atoms. The molecule has 0 spiro atoms. The van der Waals surface area contributed by atoms with E-state index in [0.717, 1.165) is 76.4 Å². The number of fused-ring (bicyclic) bond motifs is 1. The molecule has 0 unspecified atom stereocenters. The first kappa shape index (κ1) is 20.7. The second kappa shape index (κ2) is 9.10. The van der Waals surface area contributed by atoms with E-state index < -0.39 is 0 Å². The zero-order valence-electron chi connectivity index (χ0n) is 17.9. The predicted molar refractivity (Wildman–Crippen MR) is 129 cm³/mol. The summed E-state index contributed by atoms with van der Waals surface area (Å²) in [5.74, 6) is 1.49. The Morgan fingerprint density at radius 1 is 1.03 bits per heavy atom. The van der Waals surface area contributed by atoms with E-state index in [1.54, 1.807) is 6.20 Å². The Labute approximate surface area is 192 Å². The molecule has 0 aliphatic carbocycles. The van der Waals surface area contributed by atoms with Crippen molar-refractivity contribution in [1.82, 2.24) is 15.0 Å². The third kappa shape index (κ3) is 4.38. The number of benzene rings is 2. The van der Waals surface area contributed by atoms with Crippen molar-refractivity contribution in [3.63, 3.8) is 0 Å². The molecule has 1 fully saturated rings. The lowest BCUT2D eigenvalue weighted by atomic mass is 10.1. The molecule has 0 atom stereocenters. The van der Waals surface area contributed by atoms with Crippen LogP contribution in [-0.4, -0.2) is 41.3 Å². The second-order valence-corrected chi connectivity index (χ2v) is 8.28. The molecule has 1 aliphatic rings. The van der Waals surface area contributed by atoms with E-state index in [4.69, 9.17) is 21.3 Å². The Hall–Kier alpha value is -3.22. The lowest BCUT2D eigenvalue weighted by Crippen LogP contribution is -2.36. The van der Waals surface area contributed by atoms with Crippen LogP contribution in [0.25, 0.3) is 10.9 Å². The van der Waals surface area contributed by atoms with E-state index in [-0.39, 0.29) is 0 Å².